The van der Waals surface area contributed by atoms with E-state index >= 15 is 0 Å². The van der Waals surface area contributed by atoms with Crippen LogP contribution in [0.5, 0.6) is 23.0 Å². The number of rotatable bonds is 9. The van der Waals surface area contributed by atoms with Crippen LogP contribution >= 0.6 is 11.3 Å². The predicted octanol–water partition coefficient (Wildman–Crippen LogP) is 5.34. The van der Waals surface area contributed by atoms with Crippen molar-refractivity contribution in [3.8, 4) is 29.1 Å². The van der Waals surface area contributed by atoms with Crippen molar-refractivity contribution in [2.24, 2.45) is 0 Å². The summed E-state index contributed by atoms with van der Waals surface area (Å²) in [7, 11) is 3.12. The van der Waals surface area contributed by atoms with Gasteiger partial charge in [-0.2, -0.15) is 5.26 Å². The smallest absolute Gasteiger partial charge is 0.271 e. The highest BCUT2D eigenvalue weighted by atomic mass is 32.1. The molecule has 35 heavy (non-hydrogen) atoms. The van der Waals surface area contributed by atoms with Crippen molar-refractivity contribution >= 4 is 32.6 Å². The van der Waals surface area contributed by atoms with Crippen LogP contribution in [0, 0.1) is 11.3 Å². The SMILES string of the molecule is CCOc1ccc(C(Oc2ccc(C#N)cc2)C(=O)Nc2nc3cc(OC)c(OC)cc3s2)cc1. The Labute approximate surface area is 206 Å². The van der Waals surface area contributed by atoms with Gasteiger partial charge in [0.2, 0.25) is 6.10 Å². The van der Waals surface area contributed by atoms with E-state index < -0.39 is 12.0 Å². The number of hydrogen-bond acceptors (Lipinski definition) is 8. The Hall–Kier alpha value is -4.29. The molecular formula is C26H23N3O5S. The van der Waals surface area contributed by atoms with Gasteiger partial charge in [-0.15, -0.1) is 0 Å². The van der Waals surface area contributed by atoms with Gasteiger partial charge >= 0.3 is 0 Å². The third-order valence-electron chi connectivity index (χ3n) is 5.09. The number of nitrogens with zero attached hydrogens (tertiary/aromatic N) is 2. The van der Waals surface area contributed by atoms with Crippen LogP contribution in [-0.2, 0) is 4.79 Å². The molecule has 0 spiro atoms. The molecule has 8 nitrogen and oxygen atoms in total. The summed E-state index contributed by atoms with van der Waals surface area (Å²) in [5.41, 5.74) is 1.81. The largest absolute Gasteiger partial charge is 0.494 e. The molecule has 0 aliphatic carbocycles. The average molecular weight is 490 g/mol. The van der Waals surface area contributed by atoms with E-state index in [1.54, 1.807) is 68.8 Å². The van der Waals surface area contributed by atoms with E-state index in [4.69, 9.17) is 24.2 Å². The lowest BCUT2D eigenvalue weighted by molar-refractivity contribution is -0.123. The molecule has 4 aromatic rings. The first-order chi connectivity index (χ1) is 17.0. The van der Waals surface area contributed by atoms with E-state index in [0.717, 1.165) is 4.70 Å². The van der Waals surface area contributed by atoms with E-state index in [9.17, 15) is 4.79 Å². The molecule has 0 aliphatic rings. The van der Waals surface area contributed by atoms with Crippen LogP contribution in [0.2, 0.25) is 0 Å². The van der Waals surface area contributed by atoms with Crippen LogP contribution < -0.4 is 24.3 Å². The summed E-state index contributed by atoms with van der Waals surface area (Å²) in [6, 6.07) is 19.4. The molecule has 3 aromatic carbocycles. The van der Waals surface area contributed by atoms with Gasteiger partial charge in [-0.05, 0) is 43.3 Å². The van der Waals surface area contributed by atoms with Crippen LogP contribution in [0.15, 0.2) is 60.7 Å². The standard InChI is InChI=1S/C26H23N3O5S/c1-4-33-18-11-7-17(8-12-18)24(34-19-9-5-16(15-27)6-10-19)25(30)29-26-28-20-13-21(31-2)22(32-3)14-23(20)35-26/h5-14,24H,4H2,1-3H3,(H,28,29,30). The number of ether oxygens (including phenoxy) is 4. The normalized spacial score (nSPS) is 11.4. The maximum Gasteiger partial charge on any atom is 0.271 e. The Morgan fingerprint density at radius 3 is 2.31 bits per heavy atom. The minimum absolute atomic E-state index is 0.392. The van der Waals surface area contributed by atoms with Crippen LogP contribution in [0.25, 0.3) is 10.2 Å². The summed E-state index contributed by atoms with van der Waals surface area (Å²) < 4.78 is 23.1. The molecule has 1 aromatic heterocycles. The molecule has 1 unspecified atom stereocenters. The molecule has 1 amide bonds. The van der Waals surface area contributed by atoms with Gasteiger partial charge in [0.15, 0.2) is 16.6 Å². The Bertz CT molecular complexity index is 1320. The van der Waals surface area contributed by atoms with Gasteiger partial charge in [-0.1, -0.05) is 23.5 Å². The van der Waals surface area contributed by atoms with Gasteiger partial charge in [0.1, 0.15) is 11.5 Å². The van der Waals surface area contributed by atoms with Gasteiger partial charge in [0.25, 0.3) is 5.91 Å². The fourth-order valence-corrected chi connectivity index (χ4v) is 4.28. The van der Waals surface area contributed by atoms with Crippen LogP contribution in [-0.4, -0.2) is 31.7 Å². The number of methoxy groups -OCH3 is 2. The van der Waals surface area contributed by atoms with Crippen LogP contribution in [0.3, 0.4) is 0 Å². The molecular weight excluding hydrogens is 466 g/mol. The number of hydrogen-bond donors (Lipinski definition) is 1. The fourth-order valence-electron chi connectivity index (χ4n) is 3.40. The van der Waals surface area contributed by atoms with E-state index in [-0.39, 0.29) is 0 Å². The van der Waals surface area contributed by atoms with Crippen LogP contribution in [0.4, 0.5) is 5.13 Å². The van der Waals surface area contributed by atoms with Crippen molar-refractivity contribution in [2.45, 2.75) is 13.0 Å². The minimum atomic E-state index is -0.963. The number of fused-ring (bicyclic) bond motifs is 1. The van der Waals surface area contributed by atoms with Crippen molar-refractivity contribution in [2.75, 3.05) is 26.1 Å². The lowest BCUT2D eigenvalue weighted by Crippen LogP contribution is -2.25. The van der Waals surface area contributed by atoms with Crippen molar-refractivity contribution in [1.29, 1.82) is 5.26 Å². The Morgan fingerprint density at radius 1 is 1.03 bits per heavy atom. The van der Waals surface area contributed by atoms with E-state index in [2.05, 4.69) is 16.4 Å². The highest BCUT2D eigenvalue weighted by molar-refractivity contribution is 7.22. The number of carbonyl (C=O) groups is 1. The first-order valence-corrected chi connectivity index (χ1v) is 11.6. The molecule has 1 N–H and O–H groups in total. The lowest BCUT2D eigenvalue weighted by atomic mass is 10.1. The molecule has 9 heteroatoms. The zero-order chi connectivity index (χ0) is 24.8. The molecule has 0 fully saturated rings. The third kappa shape index (κ3) is 5.45. The van der Waals surface area contributed by atoms with Gasteiger partial charge in [0.05, 0.1) is 42.7 Å². The zero-order valence-corrected chi connectivity index (χ0v) is 20.2. The monoisotopic (exact) mass is 489 g/mol. The summed E-state index contributed by atoms with van der Waals surface area (Å²) in [5.74, 6) is 1.90. The molecule has 4 rings (SSSR count). The summed E-state index contributed by atoms with van der Waals surface area (Å²) >= 11 is 1.32. The van der Waals surface area contributed by atoms with Crippen molar-refractivity contribution < 1.29 is 23.7 Å². The Balaban J connectivity index is 1.62. The molecule has 178 valence electrons. The summed E-state index contributed by atoms with van der Waals surface area (Å²) in [5, 5.41) is 12.3. The van der Waals surface area contributed by atoms with Crippen LogP contribution in [0.1, 0.15) is 24.2 Å². The Kier molecular flexibility index (Phi) is 7.33. The van der Waals surface area contributed by atoms with Gasteiger partial charge in [-0.25, -0.2) is 4.98 Å². The molecule has 1 heterocycles. The highest BCUT2D eigenvalue weighted by Gasteiger charge is 2.25. The topological polar surface area (TPSA) is 103 Å². The quantitative estimate of drug-likeness (QED) is 0.338. The number of thiazole rings is 1. The van der Waals surface area contributed by atoms with E-state index in [1.807, 2.05) is 13.0 Å². The molecule has 0 saturated heterocycles. The number of nitriles is 1. The van der Waals surface area contributed by atoms with Crippen molar-refractivity contribution in [3.05, 3.63) is 71.8 Å². The predicted molar refractivity (Wildman–Crippen MR) is 133 cm³/mol. The second-order valence-corrected chi connectivity index (χ2v) is 8.35. The third-order valence-corrected chi connectivity index (χ3v) is 6.03. The number of benzene rings is 3. The maximum absolute atomic E-state index is 13.4. The van der Waals surface area contributed by atoms with Crippen molar-refractivity contribution in [3.63, 3.8) is 0 Å². The molecule has 0 bridgehead atoms. The average Bonchev–Trinajstić information content (AvgIpc) is 3.28. The number of nitrogens with one attached hydrogen (secondary N) is 1. The number of anilines is 1. The van der Waals surface area contributed by atoms with E-state index in [0.29, 0.717) is 51.4 Å². The second kappa shape index (κ2) is 10.8. The number of amides is 1. The zero-order valence-electron chi connectivity index (χ0n) is 19.4. The van der Waals surface area contributed by atoms with Gasteiger partial charge in [0, 0.05) is 17.7 Å². The van der Waals surface area contributed by atoms with Gasteiger partial charge in [-0.3, -0.25) is 10.1 Å². The van der Waals surface area contributed by atoms with Gasteiger partial charge < -0.3 is 18.9 Å². The summed E-state index contributed by atoms with van der Waals surface area (Å²) in [6.45, 7) is 2.44. The summed E-state index contributed by atoms with van der Waals surface area (Å²) in [6.07, 6.45) is -0.963. The number of aromatic nitrogens is 1. The second-order valence-electron chi connectivity index (χ2n) is 7.32. The van der Waals surface area contributed by atoms with Crippen molar-refractivity contribution in [1.82, 2.24) is 4.98 Å². The molecule has 0 saturated carbocycles. The van der Waals surface area contributed by atoms with E-state index in [1.165, 1.54) is 11.3 Å². The lowest BCUT2D eigenvalue weighted by Gasteiger charge is -2.19. The minimum Gasteiger partial charge on any atom is -0.494 e. The molecule has 0 radical (unpaired) electrons. The maximum atomic E-state index is 13.4. The molecule has 0 aliphatic heterocycles. The highest BCUT2D eigenvalue weighted by Crippen LogP contribution is 2.36. The first kappa shape index (κ1) is 23.9. The Morgan fingerprint density at radius 2 is 1.69 bits per heavy atom. The molecule has 1 atom stereocenters. The number of carbonyl (C=O) groups excluding carboxylic acids is 1. The fraction of sp³-hybridized carbons (Fsp3) is 0.192. The first-order valence-electron chi connectivity index (χ1n) is 10.8. The summed E-state index contributed by atoms with van der Waals surface area (Å²) in [4.78, 5) is 17.9.